The molecule has 1 unspecified atom stereocenters. The van der Waals surface area contributed by atoms with E-state index in [4.69, 9.17) is 4.74 Å². The zero-order valence-corrected chi connectivity index (χ0v) is 12.4. The molecular formula is C15H21F2N3O. The molecule has 0 saturated carbocycles. The highest BCUT2D eigenvalue weighted by molar-refractivity contribution is 5.80. The number of rotatable bonds is 3. The lowest BCUT2D eigenvalue weighted by Gasteiger charge is -2.35. The van der Waals surface area contributed by atoms with Crippen LogP contribution >= 0.6 is 0 Å². The van der Waals surface area contributed by atoms with Gasteiger partial charge in [0.15, 0.2) is 5.96 Å². The minimum atomic E-state index is -2.39. The van der Waals surface area contributed by atoms with Crippen LogP contribution < -0.4 is 5.32 Å². The van der Waals surface area contributed by atoms with E-state index in [0.29, 0.717) is 25.7 Å². The second-order valence-corrected chi connectivity index (χ2v) is 4.98. The van der Waals surface area contributed by atoms with Crippen molar-refractivity contribution in [3.63, 3.8) is 0 Å². The van der Waals surface area contributed by atoms with Gasteiger partial charge in [0.05, 0.1) is 19.7 Å². The van der Waals surface area contributed by atoms with Crippen LogP contribution in [0.5, 0.6) is 0 Å². The van der Waals surface area contributed by atoms with Crippen molar-refractivity contribution in [2.75, 3.05) is 33.3 Å². The summed E-state index contributed by atoms with van der Waals surface area (Å²) in [7, 11) is 1.60. The van der Waals surface area contributed by atoms with E-state index in [2.05, 4.69) is 10.3 Å². The van der Waals surface area contributed by atoms with E-state index in [9.17, 15) is 8.78 Å². The number of alkyl halides is 2. The van der Waals surface area contributed by atoms with Crippen LogP contribution in [0.25, 0.3) is 0 Å². The lowest BCUT2D eigenvalue weighted by Crippen LogP contribution is -2.49. The van der Waals surface area contributed by atoms with Gasteiger partial charge in [-0.25, -0.2) is 8.78 Å². The number of guanidine groups is 1. The van der Waals surface area contributed by atoms with Crippen LogP contribution in [0.3, 0.4) is 0 Å². The van der Waals surface area contributed by atoms with Gasteiger partial charge in [-0.05, 0) is 18.1 Å². The van der Waals surface area contributed by atoms with Crippen LogP contribution in [0.1, 0.15) is 17.2 Å². The molecular weight excluding hydrogens is 276 g/mol. The second kappa shape index (κ2) is 7.36. The van der Waals surface area contributed by atoms with Gasteiger partial charge in [0.25, 0.3) is 6.43 Å². The minimum Gasteiger partial charge on any atom is -0.370 e. The number of nitrogens with one attached hydrogen (secondary N) is 1. The van der Waals surface area contributed by atoms with Crippen molar-refractivity contribution in [3.05, 3.63) is 35.4 Å². The molecule has 1 aliphatic heterocycles. The smallest absolute Gasteiger partial charge is 0.255 e. The number of hydrogen-bond donors (Lipinski definition) is 1. The van der Waals surface area contributed by atoms with Crippen LogP contribution in [-0.2, 0) is 4.74 Å². The molecule has 0 bridgehead atoms. The molecule has 4 nitrogen and oxygen atoms in total. The van der Waals surface area contributed by atoms with Crippen LogP contribution in [-0.4, -0.2) is 50.6 Å². The Labute approximate surface area is 123 Å². The van der Waals surface area contributed by atoms with E-state index in [0.717, 1.165) is 5.56 Å². The lowest BCUT2D eigenvalue weighted by molar-refractivity contribution is -0.00856. The highest BCUT2D eigenvalue weighted by atomic mass is 19.3. The first-order valence-corrected chi connectivity index (χ1v) is 7.02. The van der Waals surface area contributed by atoms with Gasteiger partial charge >= 0.3 is 0 Å². The fraction of sp³-hybridized carbons (Fsp3) is 0.533. The summed E-state index contributed by atoms with van der Waals surface area (Å²) in [4.78, 5) is 6.04. The highest BCUT2D eigenvalue weighted by Gasteiger charge is 2.25. The molecule has 0 radical (unpaired) electrons. The summed E-state index contributed by atoms with van der Waals surface area (Å²) in [6.07, 6.45) is -2.46. The molecule has 1 aliphatic rings. The number of hydrogen-bond acceptors (Lipinski definition) is 2. The van der Waals surface area contributed by atoms with E-state index in [1.165, 1.54) is 5.56 Å². The summed E-state index contributed by atoms with van der Waals surface area (Å²) in [5, 5.41) is 2.70. The molecule has 1 fully saturated rings. The Morgan fingerprint density at radius 2 is 2.24 bits per heavy atom. The van der Waals surface area contributed by atoms with E-state index in [1.54, 1.807) is 7.05 Å². The van der Waals surface area contributed by atoms with Gasteiger partial charge in [0, 0.05) is 13.6 Å². The topological polar surface area (TPSA) is 36.9 Å². The number of aliphatic imine (C=N–C) groups is 1. The first kappa shape index (κ1) is 15.7. The molecule has 0 aliphatic carbocycles. The molecule has 1 aromatic carbocycles. The molecule has 1 N–H and O–H groups in total. The Morgan fingerprint density at radius 3 is 2.90 bits per heavy atom. The van der Waals surface area contributed by atoms with Crippen LogP contribution in [0.2, 0.25) is 0 Å². The Balaban J connectivity index is 2.05. The first-order chi connectivity index (χ1) is 10.1. The Kier molecular flexibility index (Phi) is 5.50. The predicted molar refractivity (Wildman–Crippen MR) is 78.8 cm³/mol. The average molecular weight is 297 g/mol. The average Bonchev–Trinajstić information content (AvgIpc) is 2.48. The summed E-state index contributed by atoms with van der Waals surface area (Å²) in [6, 6.07) is 8.05. The summed E-state index contributed by atoms with van der Waals surface area (Å²) >= 11 is 0. The number of morpholine rings is 1. The zero-order chi connectivity index (χ0) is 15.2. The second-order valence-electron chi connectivity index (χ2n) is 4.98. The number of nitrogens with zero attached hydrogens (tertiary/aromatic N) is 2. The van der Waals surface area contributed by atoms with Gasteiger partial charge in [-0.15, -0.1) is 0 Å². The molecule has 0 aromatic heterocycles. The SMILES string of the molecule is CN=C(NCC(F)F)N1CCOC(c2ccccc2C)C1. The third kappa shape index (κ3) is 4.14. The maximum absolute atomic E-state index is 12.3. The van der Waals surface area contributed by atoms with Crippen molar-refractivity contribution in [1.82, 2.24) is 10.2 Å². The lowest BCUT2D eigenvalue weighted by atomic mass is 10.0. The molecule has 21 heavy (non-hydrogen) atoms. The minimum absolute atomic E-state index is 0.0648. The van der Waals surface area contributed by atoms with Gasteiger partial charge < -0.3 is 15.0 Å². The molecule has 1 saturated heterocycles. The van der Waals surface area contributed by atoms with Crippen molar-refractivity contribution >= 4 is 5.96 Å². The van der Waals surface area contributed by atoms with Gasteiger partial charge in [0.1, 0.15) is 6.10 Å². The van der Waals surface area contributed by atoms with Gasteiger partial charge in [0.2, 0.25) is 0 Å². The normalized spacial score (nSPS) is 20.0. The number of ether oxygens (including phenoxy) is 1. The van der Waals surface area contributed by atoms with E-state index in [1.807, 2.05) is 36.1 Å². The predicted octanol–water partition coefficient (Wildman–Crippen LogP) is 2.21. The van der Waals surface area contributed by atoms with Crippen LogP contribution in [0.15, 0.2) is 29.3 Å². The summed E-state index contributed by atoms with van der Waals surface area (Å²) in [5.41, 5.74) is 2.30. The van der Waals surface area contributed by atoms with Crippen molar-refractivity contribution in [1.29, 1.82) is 0 Å². The molecule has 6 heteroatoms. The molecule has 0 amide bonds. The highest BCUT2D eigenvalue weighted by Crippen LogP contribution is 2.24. The Hall–Kier alpha value is -1.69. The van der Waals surface area contributed by atoms with Gasteiger partial charge in [-0.3, -0.25) is 4.99 Å². The Morgan fingerprint density at radius 1 is 1.48 bits per heavy atom. The van der Waals surface area contributed by atoms with Crippen molar-refractivity contribution in [2.45, 2.75) is 19.5 Å². The fourth-order valence-corrected chi connectivity index (χ4v) is 2.48. The number of benzene rings is 1. The van der Waals surface area contributed by atoms with Crippen molar-refractivity contribution < 1.29 is 13.5 Å². The molecule has 116 valence electrons. The summed E-state index contributed by atoms with van der Waals surface area (Å²) in [6.45, 7) is 3.45. The molecule has 1 aromatic rings. The van der Waals surface area contributed by atoms with Gasteiger partial charge in [-0.2, -0.15) is 0 Å². The van der Waals surface area contributed by atoms with E-state index >= 15 is 0 Å². The quantitative estimate of drug-likeness (QED) is 0.686. The summed E-state index contributed by atoms with van der Waals surface area (Å²) in [5.74, 6) is 0.497. The molecule has 1 heterocycles. The van der Waals surface area contributed by atoms with Crippen molar-refractivity contribution in [3.8, 4) is 0 Å². The largest absolute Gasteiger partial charge is 0.370 e. The number of aryl methyl sites for hydroxylation is 1. The third-order valence-electron chi connectivity index (χ3n) is 3.53. The first-order valence-electron chi connectivity index (χ1n) is 7.02. The molecule has 1 atom stereocenters. The molecule has 2 rings (SSSR count). The van der Waals surface area contributed by atoms with Gasteiger partial charge in [-0.1, -0.05) is 24.3 Å². The summed E-state index contributed by atoms with van der Waals surface area (Å²) < 4.78 is 30.5. The van der Waals surface area contributed by atoms with E-state index < -0.39 is 6.43 Å². The standard InChI is InChI=1S/C15H21F2N3O/c1-11-5-3-4-6-12(11)13-10-20(7-8-21-13)15(18-2)19-9-14(16)17/h3-6,13-14H,7-10H2,1-2H3,(H,18,19). The fourth-order valence-electron chi connectivity index (χ4n) is 2.48. The maximum Gasteiger partial charge on any atom is 0.255 e. The zero-order valence-electron chi connectivity index (χ0n) is 12.4. The molecule has 0 spiro atoms. The Bertz CT molecular complexity index is 494. The van der Waals surface area contributed by atoms with Crippen LogP contribution in [0.4, 0.5) is 8.78 Å². The number of halogens is 2. The van der Waals surface area contributed by atoms with Crippen molar-refractivity contribution in [2.24, 2.45) is 4.99 Å². The third-order valence-corrected chi connectivity index (χ3v) is 3.53. The van der Waals surface area contributed by atoms with Crippen LogP contribution in [0, 0.1) is 6.92 Å². The van der Waals surface area contributed by atoms with E-state index in [-0.39, 0.29) is 12.6 Å². The monoisotopic (exact) mass is 297 g/mol. The maximum atomic E-state index is 12.3.